The van der Waals surface area contributed by atoms with E-state index < -0.39 is 21.7 Å². The van der Waals surface area contributed by atoms with E-state index in [-0.39, 0.29) is 17.0 Å². The number of anilines is 2. The van der Waals surface area contributed by atoms with Crippen molar-refractivity contribution < 1.29 is 18.0 Å². The number of aryl methyl sites for hydroxylation is 1. The number of thiazole rings is 1. The summed E-state index contributed by atoms with van der Waals surface area (Å²) in [5.74, 6) is -0.958. The van der Waals surface area contributed by atoms with Gasteiger partial charge in [0, 0.05) is 31.6 Å². The molecule has 0 fully saturated rings. The monoisotopic (exact) mass is 446 g/mol. The maximum atomic E-state index is 12.3. The van der Waals surface area contributed by atoms with Crippen LogP contribution in [0.2, 0.25) is 0 Å². The van der Waals surface area contributed by atoms with Gasteiger partial charge in [-0.15, -0.1) is 0 Å². The van der Waals surface area contributed by atoms with Gasteiger partial charge in [-0.2, -0.15) is 0 Å². The molecule has 1 aromatic heterocycles. The van der Waals surface area contributed by atoms with Crippen LogP contribution in [0.1, 0.15) is 15.9 Å². The number of carbonyl (C=O) groups excluding carboxylic acids is 2. The van der Waals surface area contributed by atoms with Crippen LogP contribution in [0.3, 0.4) is 0 Å². The second kappa shape index (κ2) is 8.41. The van der Waals surface area contributed by atoms with Crippen LogP contribution >= 0.6 is 11.3 Å². The molecule has 3 rings (SSSR count). The van der Waals surface area contributed by atoms with Gasteiger partial charge >= 0.3 is 0 Å². The van der Waals surface area contributed by atoms with Crippen molar-refractivity contribution in [2.24, 2.45) is 0 Å². The molecular weight excluding hydrogens is 424 g/mol. The maximum Gasteiger partial charge on any atom is 0.251 e. The normalized spacial score (nSPS) is 11.3. The Balaban J connectivity index is 1.65. The fraction of sp³-hybridized carbons (Fsp3) is 0.250. The lowest BCUT2D eigenvalue weighted by molar-refractivity contribution is -0.115. The highest BCUT2D eigenvalue weighted by molar-refractivity contribution is 7.90. The SMILES string of the molecule is Cc1ccc(C(=O)NCC(=O)Nc2nc3cc(N(C)C)ccc3s2)cc1S(C)(=O)=O. The molecule has 0 spiro atoms. The van der Waals surface area contributed by atoms with Crippen LogP contribution in [0.5, 0.6) is 0 Å². The highest BCUT2D eigenvalue weighted by atomic mass is 32.2. The van der Waals surface area contributed by atoms with Crippen molar-refractivity contribution in [3.05, 3.63) is 47.5 Å². The zero-order chi connectivity index (χ0) is 22.1. The van der Waals surface area contributed by atoms with Gasteiger partial charge in [0.15, 0.2) is 15.0 Å². The fourth-order valence-electron chi connectivity index (χ4n) is 2.81. The van der Waals surface area contributed by atoms with Crippen LogP contribution < -0.4 is 15.5 Å². The molecule has 3 aromatic rings. The molecule has 0 atom stereocenters. The lowest BCUT2D eigenvalue weighted by Crippen LogP contribution is -2.32. The van der Waals surface area contributed by atoms with Crippen molar-refractivity contribution in [3.63, 3.8) is 0 Å². The number of sulfone groups is 1. The number of nitrogens with zero attached hydrogens (tertiary/aromatic N) is 2. The first-order chi connectivity index (χ1) is 14.0. The first-order valence-corrected chi connectivity index (χ1v) is 11.7. The third kappa shape index (κ3) is 4.95. The van der Waals surface area contributed by atoms with E-state index in [9.17, 15) is 18.0 Å². The highest BCUT2D eigenvalue weighted by Crippen LogP contribution is 2.28. The van der Waals surface area contributed by atoms with E-state index in [0.717, 1.165) is 22.2 Å². The summed E-state index contributed by atoms with van der Waals surface area (Å²) < 4.78 is 24.6. The number of hydrogen-bond donors (Lipinski definition) is 2. The summed E-state index contributed by atoms with van der Waals surface area (Å²) in [6, 6.07) is 10.2. The van der Waals surface area contributed by atoms with Gasteiger partial charge in [0.05, 0.1) is 21.7 Å². The predicted molar refractivity (Wildman–Crippen MR) is 119 cm³/mol. The fourth-order valence-corrected chi connectivity index (χ4v) is 4.67. The second-order valence-electron chi connectivity index (χ2n) is 7.05. The Morgan fingerprint density at radius 2 is 1.87 bits per heavy atom. The van der Waals surface area contributed by atoms with E-state index >= 15 is 0 Å². The summed E-state index contributed by atoms with van der Waals surface area (Å²) in [5.41, 5.74) is 2.51. The molecule has 0 saturated carbocycles. The molecule has 1 heterocycles. The van der Waals surface area contributed by atoms with Crippen molar-refractivity contribution in [1.29, 1.82) is 0 Å². The third-order valence-corrected chi connectivity index (χ3v) is 6.58. The molecule has 2 aromatic carbocycles. The quantitative estimate of drug-likeness (QED) is 0.602. The second-order valence-corrected chi connectivity index (χ2v) is 10.1. The Bertz CT molecular complexity index is 1230. The number of aromatic nitrogens is 1. The van der Waals surface area contributed by atoms with Crippen LogP contribution in [0.15, 0.2) is 41.3 Å². The molecule has 2 N–H and O–H groups in total. The minimum atomic E-state index is -3.45. The summed E-state index contributed by atoms with van der Waals surface area (Å²) in [6.07, 6.45) is 1.09. The van der Waals surface area contributed by atoms with Crippen LogP contribution in [0.4, 0.5) is 10.8 Å². The number of benzene rings is 2. The Morgan fingerprint density at radius 1 is 1.13 bits per heavy atom. The summed E-state index contributed by atoms with van der Waals surface area (Å²) in [6.45, 7) is 1.39. The van der Waals surface area contributed by atoms with Gasteiger partial charge in [-0.05, 0) is 42.8 Å². The van der Waals surface area contributed by atoms with Gasteiger partial charge in [-0.25, -0.2) is 13.4 Å². The van der Waals surface area contributed by atoms with Gasteiger partial charge in [-0.1, -0.05) is 17.4 Å². The summed E-state index contributed by atoms with van der Waals surface area (Å²) in [4.78, 5) is 31.0. The van der Waals surface area contributed by atoms with Gasteiger partial charge in [0.2, 0.25) is 5.91 Å². The average molecular weight is 447 g/mol. The Hall–Kier alpha value is -2.98. The minimum Gasteiger partial charge on any atom is -0.378 e. The lowest BCUT2D eigenvalue weighted by Gasteiger charge is -2.11. The molecule has 0 aliphatic heterocycles. The van der Waals surface area contributed by atoms with Gasteiger partial charge < -0.3 is 15.5 Å². The molecule has 30 heavy (non-hydrogen) atoms. The van der Waals surface area contributed by atoms with Crippen LogP contribution in [-0.4, -0.2) is 52.1 Å². The van der Waals surface area contributed by atoms with Gasteiger partial charge in [0.1, 0.15) is 0 Å². The minimum absolute atomic E-state index is 0.0890. The number of nitrogens with one attached hydrogen (secondary N) is 2. The third-order valence-electron chi connectivity index (χ3n) is 4.39. The number of hydrogen-bond acceptors (Lipinski definition) is 7. The number of fused-ring (bicyclic) bond motifs is 1. The zero-order valence-electron chi connectivity index (χ0n) is 17.0. The molecule has 0 saturated heterocycles. The number of amides is 2. The topological polar surface area (TPSA) is 108 Å². The summed E-state index contributed by atoms with van der Waals surface area (Å²) >= 11 is 1.34. The largest absolute Gasteiger partial charge is 0.378 e. The van der Waals surface area contributed by atoms with Crippen molar-refractivity contribution >= 4 is 54.0 Å². The Kier molecular flexibility index (Phi) is 6.09. The molecule has 8 nitrogen and oxygen atoms in total. The number of carbonyl (C=O) groups is 2. The van der Waals surface area contributed by atoms with E-state index in [4.69, 9.17) is 0 Å². The van der Waals surface area contributed by atoms with Crippen molar-refractivity contribution in [1.82, 2.24) is 10.3 Å². The summed E-state index contributed by atoms with van der Waals surface area (Å²) in [7, 11) is 0.421. The number of rotatable bonds is 6. The molecule has 0 unspecified atom stereocenters. The first kappa shape index (κ1) is 21.7. The maximum absolute atomic E-state index is 12.3. The average Bonchev–Trinajstić information content (AvgIpc) is 3.06. The van der Waals surface area contributed by atoms with Crippen LogP contribution in [0.25, 0.3) is 10.2 Å². The lowest BCUT2D eigenvalue weighted by atomic mass is 10.1. The van der Waals surface area contributed by atoms with E-state index in [1.165, 1.54) is 23.5 Å². The molecule has 2 amide bonds. The van der Waals surface area contributed by atoms with E-state index in [0.29, 0.717) is 10.7 Å². The molecule has 0 bridgehead atoms. The smallest absolute Gasteiger partial charge is 0.251 e. The Morgan fingerprint density at radius 3 is 2.53 bits per heavy atom. The van der Waals surface area contributed by atoms with Gasteiger partial charge in [-0.3, -0.25) is 9.59 Å². The predicted octanol–water partition coefficient (Wildman–Crippen LogP) is 2.44. The first-order valence-electron chi connectivity index (χ1n) is 9.01. The molecule has 0 radical (unpaired) electrons. The van der Waals surface area contributed by atoms with E-state index in [1.807, 2.05) is 37.2 Å². The molecule has 0 aliphatic carbocycles. The van der Waals surface area contributed by atoms with E-state index in [1.54, 1.807) is 13.0 Å². The highest BCUT2D eigenvalue weighted by Gasteiger charge is 2.16. The van der Waals surface area contributed by atoms with Crippen LogP contribution in [0, 0.1) is 6.92 Å². The Labute approximate surface area is 178 Å². The molecule has 158 valence electrons. The molecule has 0 aliphatic rings. The van der Waals surface area contributed by atoms with Crippen molar-refractivity contribution in [3.8, 4) is 0 Å². The van der Waals surface area contributed by atoms with Crippen molar-refractivity contribution in [2.45, 2.75) is 11.8 Å². The standard InChI is InChI=1S/C20H22N4O4S2/c1-12-5-6-13(9-17(12)30(4,27)28)19(26)21-11-18(25)23-20-22-15-10-14(24(2)3)7-8-16(15)29-20/h5-10H,11H2,1-4H3,(H,21,26)(H,22,23,25). The molecule has 10 heteroatoms. The van der Waals surface area contributed by atoms with Crippen molar-refractivity contribution in [2.75, 3.05) is 37.1 Å². The van der Waals surface area contributed by atoms with Crippen LogP contribution in [-0.2, 0) is 14.6 Å². The van der Waals surface area contributed by atoms with Gasteiger partial charge in [0.25, 0.3) is 5.91 Å². The van der Waals surface area contributed by atoms with E-state index in [2.05, 4.69) is 15.6 Å². The zero-order valence-corrected chi connectivity index (χ0v) is 18.6. The summed E-state index contributed by atoms with van der Waals surface area (Å²) in [5, 5.41) is 5.61. The molecular formula is C20H22N4O4S2.